The molecule has 4 nitrogen and oxygen atoms in total. The minimum atomic E-state index is -3.52. The van der Waals surface area contributed by atoms with Gasteiger partial charge in [-0.2, -0.15) is 0 Å². The van der Waals surface area contributed by atoms with Crippen molar-refractivity contribution in [2.45, 2.75) is 59.0 Å². The minimum absolute atomic E-state index is 0. The first kappa shape index (κ1) is 23.5. The fourth-order valence-electron chi connectivity index (χ4n) is 6.69. The molecule has 8 aromatic rings. The molecule has 0 amide bonds. The van der Waals surface area contributed by atoms with Crippen molar-refractivity contribution >= 4 is 11.0 Å². The SMILES string of the molecule is [2H]c1c([2H])c(C([2H])([2H])[2H])c([2H])c([2H])c1-c1ccnc(-c2[c-]c(-c3cccc4c3nc(-c3ccccc3O)n4-c3ccc(C(C([2H])([2H])[2H])(C([2H])([2H])[2H])C([2H])([2H])[2H])cc3-c3ccccc3)cc(C(C)(C)C)c2)c1.[Pt]. The van der Waals surface area contributed by atoms with Gasteiger partial charge in [0.25, 0.3) is 0 Å². The largest absolute Gasteiger partial charge is 0.507 e. The van der Waals surface area contributed by atoms with E-state index < -0.39 is 73.5 Å². The Morgan fingerprint density at radius 1 is 0.661 bits per heavy atom. The van der Waals surface area contributed by atoms with Crippen molar-refractivity contribution in [3.05, 3.63) is 168 Å². The van der Waals surface area contributed by atoms with Crippen LogP contribution in [0.1, 0.15) is 79.9 Å². The Morgan fingerprint density at radius 3 is 2.12 bits per heavy atom. The number of aromatic nitrogens is 3. The monoisotopic (exact) mass is 927 g/mol. The number of pyridine rings is 1. The van der Waals surface area contributed by atoms with E-state index in [0.29, 0.717) is 50.2 Å². The van der Waals surface area contributed by atoms with Gasteiger partial charge in [0.2, 0.25) is 0 Å². The van der Waals surface area contributed by atoms with E-state index >= 15 is 0 Å². The Kier molecular flexibility index (Phi) is 6.36. The second-order valence-electron chi connectivity index (χ2n) is 14.4. The van der Waals surface area contributed by atoms with Gasteiger partial charge in [-0.3, -0.25) is 9.55 Å². The van der Waals surface area contributed by atoms with Gasteiger partial charge in [-0.15, -0.1) is 29.3 Å². The molecule has 2 heterocycles. The molecule has 0 saturated heterocycles. The number of phenols is 1. The first-order valence-electron chi connectivity index (χ1n) is 25.6. The summed E-state index contributed by atoms with van der Waals surface area (Å²) in [6, 6.07) is 32.8. The van der Waals surface area contributed by atoms with Crippen LogP contribution in [0.5, 0.6) is 5.75 Å². The van der Waals surface area contributed by atoms with Crippen LogP contribution in [0.2, 0.25) is 0 Å². The van der Waals surface area contributed by atoms with Gasteiger partial charge in [0.15, 0.2) is 0 Å². The Balaban J connectivity index is 0.00000760. The molecular formula is C51H46N3OPt-. The second kappa shape index (κ2) is 15.2. The number of fused-ring (bicyclic) bond motifs is 1. The number of rotatable bonds is 6. The van der Waals surface area contributed by atoms with E-state index in [1.807, 2.05) is 39.0 Å². The van der Waals surface area contributed by atoms with Gasteiger partial charge < -0.3 is 5.11 Å². The standard InChI is InChI=1S/C51H46N3O.Pt/c1-33-20-22-34(23-21-33)36-26-27-52-44(31-36)38-28-37(29-40(30-38)51(5,6)7)41-17-13-18-46-48(41)53-49(42-16-11-12-19-47(42)55)54(46)45-25-24-39(50(2,3)4)32-43(45)35-14-9-8-10-15-35;/h8-27,29-32,55H,1-7H3;/q-1;/i1D3,2D3,3D3,4D3,20D,21D,22D,23D;. The van der Waals surface area contributed by atoms with Gasteiger partial charge in [-0.25, -0.2) is 4.98 Å². The molecule has 2 aromatic heterocycles. The molecule has 0 aliphatic carbocycles. The Bertz CT molecular complexity index is 3310. The number of para-hydroxylation sites is 2. The van der Waals surface area contributed by atoms with E-state index in [-0.39, 0.29) is 49.3 Å². The van der Waals surface area contributed by atoms with Crippen LogP contribution in [0.15, 0.2) is 146 Å². The summed E-state index contributed by atoms with van der Waals surface area (Å²) in [5.74, 6) is 0.106. The zero-order valence-electron chi connectivity index (χ0n) is 46.7. The molecule has 0 unspecified atom stereocenters. The first-order chi connectivity index (χ1) is 33.0. The van der Waals surface area contributed by atoms with Crippen molar-refractivity contribution in [2.75, 3.05) is 0 Å². The van der Waals surface area contributed by atoms with Gasteiger partial charge in [0.1, 0.15) is 11.6 Å². The molecular weight excluding hydrogens is 866 g/mol. The zero-order valence-corrected chi connectivity index (χ0v) is 32.9. The van der Waals surface area contributed by atoms with Crippen LogP contribution in [-0.2, 0) is 31.9 Å². The van der Waals surface area contributed by atoms with E-state index in [0.717, 1.165) is 5.56 Å². The molecule has 8 rings (SSSR count). The van der Waals surface area contributed by atoms with Crippen LogP contribution in [-0.4, -0.2) is 19.6 Å². The zero-order chi connectivity index (χ0) is 52.0. The molecule has 1 N–H and O–H groups in total. The third kappa shape index (κ3) is 7.51. The number of aromatic hydroxyl groups is 1. The summed E-state index contributed by atoms with van der Waals surface area (Å²) in [4.78, 5) is 9.85. The fourth-order valence-corrected chi connectivity index (χ4v) is 6.69. The fraction of sp³-hybridized carbons (Fsp3) is 0.176. The number of phenolic OH excluding ortho intramolecular Hbond substituents is 1. The molecule has 56 heavy (non-hydrogen) atoms. The number of hydrogen-bond acceptors (Lipinski definition) is 3. The quantitative estimate of drug-likeness (QED) is 0.169. The summed E-state index contributed by atoms with van der Waals surface area (Å²) in [7, 11) is 0. The maximum atomic E-state index is 11.4. The molecule has 0 fully saturated rings. The summed E-state index contributed by atoms with van der Waals surface area (Å²) in [5.41, 5.74) is 0.441. The third-order valence-corrected chi connectivity index (χ3v) is 9.56. The maximum Gasteiger partial charge on any atom is 0.148 e. The van der Waals surface area contributed by atoms with E-state index in [4.69, 9.17) is 26.9 Å². The van der Waals surface area contributed by atoms with Crippen molar-refractivity contribution in [1.82, 2.24) is 14.5 Å². The summed E-state index contributed by atoms with van der Waals surface area (Å²) >= 11 is 0. The second-order valence-corrected chi connectivity index (χ2v) is 14.4. The topological polar surface area (TPSA) is 50.9 Å². The summed E-state index contributed by atoms with van der Waals surface area (Å²) < 4.78 is 136. The van der Waals surface area contributed by atoms with Crippen molar-refractivity contribution in [2.24, 2.45) is 0 Å². The molecule has 0 aliphatic heterocycles. The van der Waals surface area contributed by atoms with Crippen molar-refractivity contribution in [1.29, 1.82) is 0 Å². The molecule has 6 aromatic carbocycles. The number of benzene rings is 6. The Morgan fingerprint density at radius 2 is 1.39 bits per heavy atom. The molecule has 0 spiro atoms. The molecule has 5 heteroatoms. The average Bonchev–Trinajstić information content (AvgIpc) is 3.66. The van der Waals surface area contributed by atoms with Crippen LogP contribution in [0, 0.1) is 12.9 Å². The van der Waals surface area contributed by atoms with Gasteiger partial charge >= 0.3 is 0 Å². The predicted octanol–water partition coefficient (Wildman–Crippen LogP) is 13.2. The van der Waals surface area contributed by atoms with Crippen LogP contribution >= 0.6 is 0 Å². The molecule has 0 bridgehead atoms. The van der Waals surface area contributed by atoms with Gasteiger partial charge in [0, 0.05) is 55.0 Å². The molecule has 282 valence electrons. The molecule has 0 saturated carbocycles. The molecule has 0 atom stereocenters. The summed E-state index contributed by atoms with van der Waals surface area (Å²) in [6.07, 6.45) is 1.46. The van der Waals surface area contributed by atoms with Crippen LogP contribution in [0.25, 0.3) is 72.7 Å². The minimum Gasteiger partial charge on any atom is -0.507 e. The summed E-state index contributed by atoms with van der Waals surface area (Å²) in [5, 5.41) is 11.4. The van der Waals surface area contributed by atoms with Crippen molar-refractivity contribution in [3.8, 4) is 67.5 Å². The van der Waals surface area contributed by atoms with E-state index in [2.05, 4.69) is 11.1 Å². The molecule has 0 radical (unpaired) electrons. The van der Waals surface area contributed by atoms with Crippen molar-refractivity contribution < 1.29 is 48.1 Å². The Hall–Kier alpha value is -5.57. The third-order valence-electron chi connectivity index (χ3n) is 9.56. The maximum absolute atomic E-state index is 11.4. The van der Waals surface area contributed by atoms with E-state index in [1.54, 1.807) is 71.3 Å². The Labute approximate surface area is 367 Å². The van der Waals surface area contributed by atoms with Crippen LogP contribution in [0.4, 0.5) is 0 Å². The van der Waals surface area contributed by atoms with E-state index in [9.17, 15) is 5.11 Å². The number of hydrogen-bond donors (Lipinski definition) is 1. The number of imidazole rings is 1. The van der Waals surface area contributed by atoms with Crippen LogP contribution in [0.3, 0.4) is 0 Å². The number of nitrogens with zero attached hydrogens (tertiary/aromatic N) is 3. The predicted molar refractivity (Wildman–Crippen MR) is 229 cm³/mol. The summed E-state index contributed by atoms with van der Waals surface area (Å²) in [6.45, 7) is -7.38. The van der Waals surface area contributed by atoms with Crippen molar-refractivity contribution in [3.63, 3.8) is 0 Å². The van der Waals surface area contributed by atoms with E-state index in [1.165, 1.54) is 36.5 Å². The normalized spacial score (nSPS) is 16.8. The smallest absolute Gasteiger partial charge is 0.148 e. The first-order valence-corrected chi connectivity index (χ1v) is 17.6. The van der Waals surface area contributed by atoms with Gasteiger partial charge in [0.05, 0.1) is 27.8 Å². The average molecular weight is 928 g/mol. The van der Waals surface area contributed by atoms with Gasteiger partial charge in [-0.05, 0) is 76.3 Å². The van der Waals surface area contributed by atoms with Gasteiger partial charge in [-0.1, -0.05) is 149 Å². The molecule has 0 aliphatic rings. The van der Waals surface area contributed by atoms with Crippen LogP contribution < -0.4 is 0 Å².